The first-order valence-corrected chi connectivity index (χ1v) is 7.32. The number of hydrogen-bond donors (Lipinski definition) is 1. The van der Waals surface area contributed by atoms with Crippen LogP contribution in [0.15, 0.2) is 0 Å². The molecular weight excluding hydrogens is 228 g/mol. The molecule has 1 unspecified atom stereocenters. The first-order valence-electron chi connectivity index (χ1n) is 6.51. The molecule has 0 spiro atoms. The van der Waals surface area contributed by atoms with Gasteiger partial charge in [0, 0.05) is 17.3 Å². The highest BCUT2D eigenvalue weighted by Crippen LogP contribution is 2.25. The van der Waals surface area contributed by atoms with Gasteiger partial charge in [-0.3, -0.25) is 0 Å². The number of thiazole rings is 1. The maximum Gasteiger partial charge on any atom is 0.0931 e. The molecule has 0 saturated heterocycles. The minimum absolute atomic E-state index is 0.317. The molecule has 0 amide bonds. The molecule has 1 atom stereocenters. The third kappa shape index (κ3) is 4.40. The number of nitrogens with one attached hydrogen (secondary N) is 1. The molecule has 98 valence electrons. The molecular formula is C14H26N2S. The van der Waals surface area contributed by atoms with E-state index in [-0.39, 0.29) is 0 Å². The van der Waals surface area contributed by atoms with Gasteiger partial charge in [-0.15, -0.1) is 11.3 Å². The third-order valence-electron chi connectivity index (χ3n) is 3.22. The first kappa shape index (κ1) is 14.7. The summed E-state index contributed by atoms with van der Waals surface area (Å²) in [7, 11) is 0. The SMILES string of the molecule is CCNC(CCc1nc(C)c(C)s1)C(C)(C)C. The lowest BCUT2D eigenvalue weighted by Crippen LogP contribution is -2.40. The van der Waals surface area contributed by atoms with Crippen LogP contribution < -0.4 is 5.32 Å². The van der Waals surface area contributed by atoms with Crippen LogP contribution in [0.3, 0.4) is 0 Å². The van der Waals surface area contributed by atoms with Crippen LogP contribution in [0.4, 0.5) is 0 Å². The predicted octanol–water partition coefficient (Wildman–Crippen LogP) is 3.72. The van der Waals surface area contributed by atoms with E-state index in [0.29, 0.717) is 11.5 Å². The van der Waals surface area contributed by atoms with Crippen molar-refractivity contribution in [3.05, 3.63) is 15.6 Å². The maximum atomic E-state index is 4.62. The average molecular weight is 254 g/mol. The third-order valence-corrected chi connectivity index (χ3v) is 4.35. The van der Waals surface area contributed by atoms with Gasteiger partial charge in [-0.05, 0) is 32.2 Å². The van der Waals surface area contributed by atoms with Crippen LogP contribution in [0.5, 0.6) is 0 Å². The average Bonchev–Trinajstić information content (AvgIpc) is 2.51. The van der Waals surface area contributed by atoms with Gasteiger partial charge in [0.15, 0.2) is 0 Å². The Labute approximate surface area is 110 Å². The topological polar surface area (TPSA) is 24.9 Å². The van der Waals surface area contributed by atoms with Crippen LogP contribution in [0.25, 0.3) is 0 Å². The van der Waals surface area contributed by atoms with Crippen LogP contribution in [0, 0.1) is 19.3 Å². The lowest BCUT2D eigenvalue weighted by Gasteiger charge is -2.31. The van der Waals surface area contributed by atoms with E-state index in [1.54, 1.807) is 0 Å². The van der Waals surface area contributed by atoms with Gasteiger partial charge in [0.2, 0.25) is 0 Å². The number of aromatic nitrogens is 1. The number of hydrogen-bond acceptors (Lipinski definition) is 3. The highest BCUT2D eigenvalue weighted by atomic mass is 32.1. The van der Waals surface area contributed by atoms with E-state index < -0.39 is 0 Å². The summed E-state index contributed by atoms with van der Waals surface area (Å²) in [6.45, 7) is 14.4. The lowest BCUT2D eigenvalue weighted by atomic mass is 9.84. The summed E-state index contributed by atoms with van der Waals surface area (Å²) in [5, 5.41) is 4.88. The summed E-state index contributed by atoms with van der Waals surface area (Å²) in [5.74, 6) is 0. The summed E-state index contributed by atoms with van der Waals surface area (Å²) in [4.78, 5) is 5.97. The molecule has 0 saturated carbocycles. The van der Waals surface area contributed by atoms with Crippen molar-refractivity contribution < 1.29 is 0 Å². The van der Waals surface area contributed by atoms with Crippen molar-refractivity contribution >= 4 is 11.3 Å². The summed E-state index contributed by atoms with van der Waals surface area (Å²) in [6.07, 6.45) is 2.26. The standard InChI is InChI=1S/C14H26N2S/c1-7-15-12(14(4,5)6)8-9-13-16-10(2)11(3)17-13/h12,15H,7-9H2,1-6H3. The number of rotatable bonds is 5. The fourth-order valence-corrected chi connectivity index (χ4v) is 2.95. The van der Waals surface area contributed by atoms with Gasteiger partial charge in [0.25, 0.3) is 0 Å². The van der Waals surface area contributed by atoms with Crippen molar-refractivity contribution in [2.45, 2.75) is 60.4 Å². The summed E-state index contributed by atoms with van der Waals surface area (Å²) in [6, 6.07) is 0.567. The summed E-state index contributed by atoms with van der Waals surface area (Å²) < 4.78 is 0. The minimum Gasteiger partial charge on any atom is -0.314 e. The molecule has 2 nitrogen and oxygen atoms in total. The fourth-order valence-electron chi connectivity index (χ4n) is 2.00. The highest BCUT2D eigenvalue weighted by Gasteiger charge is 2.23. The Hall–Kier alpha value is -0.410. The molecule has 1 aromatic heterocycles. The fraction of sp³-hybridized carbons (Fsp3) is 0.786. The second-order valence-corrected chi connectivity index (χ2v) is 7.05. The number of aryl methyl sites for hydroxylation is 3. The van der Waals surface area contributed by atoms with E-state index in [2.05, 4.69) is 51.8 Å². The van der Waals surface area contributed by atoms with E-state index >= 15 is 0 Å². The summed E-state index contributed by atoms with van der Waals surface area (Å²) in [5.41, 5.74) is 1.51. The van der Waals surface area contributed by atoms with Crippen molar-refractivity contribution in [2.75, 3.05) is 6.54 Å². The van der Waals surface area contributed by atoms with Crippen molar-refractivity contribution in [2.24, 2.45) is 5.41 Å². The van der Waals surface area contributed by atoms with Crippen LogP contribution in [0.1, 0.15) is 49.7 Å². The Balaban J connectivity index is 2.57. The molecule has 0 bridgehead atoms. The molecule has 0 fully saturated rings. The zero-order chi connectivity index (χ0) is 13.1. The first-order chi connectivity index (χ1) is 7.84. The zero-order valence-corrected chi connectivity index (χ0v) is 12.9. The van der Waals surface area contributed by atoms with Crippen LogP contribution in [-0.4, -0.2) is 17.6 Å². The summed E-state index contributed by atoms with van der Waals surface area (Å²) >= 11 is 1.85. The molecule has 1 aromatic rings. The predicted molar refractivity (Wildman–Crippen MR) is 76.8 cm³/mol. The smallest absolute Gasteiger partial charge is 0.0931 e. The molecule has 0 aliphatic rings. The molecule has 1 heterocycles. The van der Waals surface area contributed by atoms with E-state index in [9.17, 15) is 0 Å². The van der Waals surface area contributed by atoms with Gasteiger partial charge < -0.3 is 5.32 Å². The number of nitrogens with zero attached hydrogens (tertiary/aromatic N) is 1. The van der Waals surface area contributed by atoms with Crippen LogP contribution in [-0.2, 0) is 6.42 Å². The molecule has 0 aliphatic heterocycles. The van der Waals surface area contributed by atoms with Crippen molar-refractivity contribution in [3.8, 4) is 0 Å². The van der Waals surface area contributed by atoms with Crippen LogP contribution >= 0.6 is 11.3 Å². The quantitative estimate of drug-likeness (QED) is 0.866. The molecule has 0 radical (unpaired) electrons. The monoisotopic (exact) mass is 254 g/mol. The lowest BCUT2D eigenvalue weighted by molar-refractivity contribution is 0.258. The molecule has 0 aromatic carbocycles. The second-order valence-electron chi connectivity index (χ2n) is 5.76. The van der Waals surface area contributed by atoms with E-state index in [4.69, 9.17) is 0 Å². The minimum atomic E-state index is 0.317. The van der Waals surface area contributed by atoms with Crippen LogP contribution in [0.2, 0.25) is 0 Å². The maximum absolute atomic E-state index is 4.62. The Morgan fingerprint density at radius 3 is 2.35 bits per heavy atom. The largest absolute Gasteiger partial charge is 0.314 e. The van der Waals surface area contributed by atoms with Gasteiger partial charge >= 0.3 is 0 Å². The van der Waals surface area contributed by atoms with Crippen molar-refractivity contribution in [3.63, 3.8) is 0 Å². The Morgan fingerprint density at radius 1 is 1.29 bits per heavy atom. The van der Waals surface area contributed by atoms with E-state index in [1.165, 1.54) is 22.0 Å². The van der Waals surface area contributed by atoms with Gasteiger partial charge in [-0.2, -0.15) is 0 Å². The highest BCUT2D eigenvalue weighted by molar-refractivity contribution is 7.11. The molecule has 0 aliphatic carbocycles. The Kier molecular flexibility index (Phi) is 5.14. The molecule has 17 heavy (non-hydrogen) atoms. The van der Waals surface area contributed by atoms with Gasteiger partial charge in [-0.1, -0.05) is 27.7 Å². The van der Waals surface area contributed by atoms with E-state index in [1.807, 2.05) is 11.3 Å². The normalized spacial score (nSPS) is 14.0. The molecule has 1 rings (SSSR count). The van der Waals surface area contributed by atoms with Crippen molar-refractivity contribution in [1.82, 2.24) is 10.3 Å². The Morgan fingerprint density at radius 2 is 1.94 bits per heavy atom. The zero-order valence-electron chi connectivity index (χ0n) is 12.1. The molecule has 3 heteroatoms. The Bertz CT molecular complexity index is 330. The van der Waals surface area contributed by atoms with Gasteiger partial charge in [0.1, 0.15) is 0 Å². The molecule has 1 N–H and O–H groups in total. The van der Waals surface area contributed by atoms with Gasteiger partial charge in [-0.25, -0.2) is 4.98 Å². The van der Waals surface area contributed by atoms with E-state index in [0.717, 1.165) is 13.0 Å². The second kappa shape index (κ2) is 5.96. The van der Waals surface area contributed by atoms with Gasteiger partial charge in [0.05, 0.1) is 10.7 Å². The van der Waals surface area contributed by atoms with Crippen molar-refractivity contribution in [1.29, 1.82) is 0 Å².